The predicted molar refractivity (Wildman–Crippen MR) is 29.1 cm³/mol. The molecule has 0 aromatic rings. The summed E-state index contributed by atoms with van der Waals surface area (Å²) in [7, 11) is -9.24. The van der Waals surface area contributed by atoms with Gasteiger partial charge in [0.25, 0.3) is 20.2 Å². The molecule has 0 aromatic carbocycles. The molecule has 0 spiro atoms. The fourth-order valence-corrected chi connectivity index (χ4v) is 1.69. The maximum Gasteiger partial charge on any atom is 1.00 e. The van der Waals surface area contributed by atoms with Crippen molar-refractivity contribution in [3.63, 3.8) is 0 Å². The van der Waals surface area contributed by atoms with Crippen molar-refractivity contribution in [2.45, 2.75) is 0 Å². The molecule has 2 N–H and O–H groups in total. The van der Waals surface area contributed by atoms with Gasteiger partial charge in [0.1, 0.15) is 0 Å². The van der Waals surface area contributed by atoms with E-state index in [2.05, 4.69) is 0 Å². The van der Waals surface area contributed by atoms with E-state index >= 15 is 0 Å². The van der Waals surface area contributed by atoms with Gasteiger partial charge in [-0.1, -0.05) is 0 Å². The van der Waals surface area contributed by atoms with Crippen molar-refractivity contribution in [3.8, 4) is 0 Å². The standard InChI is InChI=1S/CH4O6S2.Ag.Na.H/c2-8(3,4)1-9(5,6)7;;;/h1H2,(H,2,3,4)(H,5,6,7);;;/q;;+1;-1. The zero-order chi connectivity index (χ0) is 7.71. The molecule has 0 fully saturated rings. The summed E-state index contributed by atoms with van der Waals surface area (Å²) in [6.45, 7) is 0. The van der Waals surface area contributed by atoms with E-state index in [1.54, 1.807) is 0 Å². The van der Waals surface area contributed by atoms with Crippen molar-refractivity contribution in [2.24, 2.45) is 0 Å². The molecule has 6 nitrogen and oxygen atoms in total. The van der Waals surface area contributed by atoms with Gasteiger partial charge in [-0.25, -0.2) is 0 Å². The van der Waals surface area contributed by atoms with Gasteiger partial charge in [0.15, 0.2) is 0 Å². The predicted octanol–water partition coefficient (Wildman–Crippen LogP) is -4.17. The summed E-state index contributed by atoms with van der Waals surface area (Å²) in [6, 6.07) is 0. The Balaban J connectivity index is -0.000000107. The minimum atomic E-state index is -4.62. The van der Waals surface area contributed by atoms with Crippen molar-refractivity contribution in [1.82, 2.24) is 0 Å². The second-order valence-corrected chi connectivity index (χ2v) is 4.55. The molecule has 0 heterocycles. The van der Waals surface area contributed by atoms with Crippen LogP contribution in [0.15, 0.2) is 0 Å². The van der Waals surface area contributed by atoms with Gasteiger partial charge in [0.2, 0.25) is 5.08 Å². The molecule has 0 amide bonds. The van der Waals surface area contributed by atoms with Crippen LogP contribution in [0.4, 0.5) is 0 Å². The zero-order valence-electron chi connectivity index (χ0n) is 6.35. The van der Waals surface area contributed by atoms with E-state index in [0.29, 0.717) is 0 Å². The molecule has 69 valence electrons. The van der Waals surface area contributed by atoms with Gasteiger partial charge in [-0.05, 0) is 0 Å². The van der Waals surface area contributed by atoms with E-state index in [0.717, 1.165) is 0 Å². The van der Waals surface area contributed by atoms with Crippen molar-refractivity contribution >= 4 is 20.2 Å². The monoisotopic (exact) mass is 307 g/mol. The van der Waals surface area contributed by atoms with Gasteiger partial charge < -0.3 is 1.43 Å². The molecule has 0 saturated carbocycles. The molecular formula is CH5AgNaO6S2. The topological polar surface area (TPSA) is 109 Å². The van der Waals surface area contributed by atoms with Crippen LogP contribution >= 0.6 is 0 Å². The Morgan fingerprint density at radius 2 is 1.18 bits per heavy atom. The molecule has 11 heavy (non-hydrogen) atoms. The van der Waals surface area contributed by atoms with Crippen LogP contribution in [0.5, 0.6) is 0 Å². The maximum atomic E-state index is 9.66. The second kappa shape index (κ2) is 6.08. The summed E-state index contributed by atoms with van der Waals surface area (Å²) in [5.74, 6) is 0. The molecule has 0 rings (SSSR count). The van der Waals surface area contributed by atoms with E-state index in [1.165, 1.54) is 0 Å². The average Bonchev–Trinajstić information content (AvgIpc) is 1.14. The number of rotatable bonds is 2. The molecule has 0 bridgehead atoms. The normalized spacial score (nSPS) is 11.1. The van der Waals surface area contributed by atoms with Crippen LogP contribution in [0.1, 0.15) is 1.43 Å². The summed E-state index contributed by atoms with van der Waals surface area (Å²) in [6.07, 6.45) is 0. The molecule has 0 aliphatic heterocycles. The molecule has 0 saturated heterocycles. The fourth-order valence-electron chi connectivity index (χ4n) is 0.188. The Kier molecular flexibility index (Phi) is 10.2. The van der Waals surface area contributed by atoms with Gasteiger partial charge in [-0.3, -0.25) is 9.11 Å². The van der Waals surface area contributed by atoms with Crippen molar-refractivity contribution in [1.29, 1.82) is 0 Å². The van der Waals surface area contributed by atoms with Crippen LogP contribution in [0.3, 0.4) is 0 Å². The third-order valence-electron chi connectivity index (χ3n) is 0.298. The summed E-state index contributed by atoms with van der Waals surface area (Å²) in [5, 5.41) is -1.65. The quantitative estimate of drug-likeness (QED) is 0.396. The van der Waals surface area contributed by atoms with Gasteiger partial charge in [0, 0.05) is 22.4 Å². The van der Waals surface area contributed by atoms with Crippen molar-refractivity contribution in [2.75, 3.05) is 5.08 Å². The summed E-state index contributed by atoms with van der Waals surface area (Å²) in [4.78, 5) is 0. The molecule has 10 heteroatoms. The Morgan fingerprint density at radius 1 is 1.00 bits per heavy atom. The van der Waals surface area contributed by atoms with Crippen LogP contribution in [-0.4, -0.2) is 31.0 Å². The Labute approximate surface area is 104 Å². The average molecular weight is 308 g/mol. The third-order valence-corrected chi connectivity index (χ3v) is 2.68. The number of hydrogen-bond acceptors (Lipinski definition) is 4. The largest absolute Gasteiger partial charge is 1.00 e. The third kappa shape index (κ3) is 18.5. The molecule has 0 aliphatic carbocycles. The van der Waals surface area contributed by atoms with Crippen LogP contribution < -0.4 is 29.6 Å². The van der Waals surface area contributed by atoms with Crippen LogP contribution in [-0.2, 0) is 42.6 Å². The van der Waals surface area contributed by atoms with E-state index in [4.69, 9.17) is 9.11 Å². The maximum absolute atomic E-state index is 9.66. The van der Waals surface area contributed by atoms with E-state index in [9.17, 15) is 16.8 Å². The van der Waals surface area contributed by atoms with Crippen molar-refractivity contribution < 1.29 is 79.3 Å². The SMILES string of the molecule is O=S(=O)(O)CS(=O)(=O)O.[Ag].[H-].[Na+]. The number of hydrogen-bond donors (Lipinski definition) is 2. The van der Waals surface area contributed by atoms with E-state index in [-0.39, 0.29) is 53.4 Å². The molecule has 0 aliphatic rings. The molecular weight excluding hydrogens is 303 g/mol. The first-order valence-electron chi connectivity index (χ1n) is 1.61. The van der Waals surface area contributed by atoms with Crippen molar-refractivity contribution in [3.05, 3.63) is 0 Å². The van der Waals surface area contributed by atoms with Crippen LogP contribution in [0, 0.1) is 0 Å². The molecule has 0 aromatic heterocycles. The Bertz CT molecular complexity index is 251. The van der Waals surface area contributed by atoms with Crippen LogP contribution in [0.25, 0.3) is 0 Å². The molecule has 0 unspecified atom stereocenters. The molecule has 1 radical (unpaired) electrons. The first-order valence-corrected chi connectivity index (χ1v) is 4.83. The van der Waals surface area contributed by atoms with E-state index < -0.39 is 25.3 Å². The first-order chi connectivity index (χ1) is 3.71. The molecule has 0 atom stereocenters. The summed E-state index contributed by atoms with van der Waals surface area (Å²) in [5.41, 5.74) is 0. The van der Waals surface area contributed by atoms with Gasteiger partial charge in [-0.15, -0.1) is 0 Å². The summed E-state index contributed by atoms with van der Waals surface area (Å²) >= 11 is 0. The van der Waals surface area contributed by atoms with Gasteiger partial charge >= 0.3 is 29.6 Å². The first kappa shape index (κ1) is 18.4. The minimum absolute atomic E-state index is 0. The second-order valence-electron chi connectivity index (χ2n) is 1.28. The Hall–Kier alpha value is 1.56. The van der Waals surface area contributed by atoms with E-state index in [1.807, 2.05) is 0 Å². The smallest absolute Gasteiger partial charge is 1.00 e. The van der Waals surface area contributed by atoms with Crippen LogP contribution in [0.2, 0.25) is 0 Å². The zero-order valence-corrected chi connectivity index (χ0v) is 10.5. The van der Waals surface area contributed by atoms with Gasteiger partial charge in [0.05, 0.1) is 0 Å². The summed E-state index contributed by atoms with van der Waals surface area (Å²) < 4.78 is 54.2. The Morgan fingerprint density at radius 3 is 1.18 bits per heavy atom. The van der Waals surface area contributed by atoms with Gasteiger partial charge in [-0.2, -0.15) is 16.8 Å². The minimum Gasteiger partial charge on any atom is -1.00 e. The fraction of sp³-hybridized carbons (Fsp3) is 1.00.